The second kappa shape index (κ2) is 8.08. The van der Waals surface area contributed by atoms with E-state index in [1.54, 1.807) is 23.1 Å². The smallest absolute Gasteiger partial charge is 0.335 e. The quantitative estimate of drug-likeness (QED) is 0.680. The SMILES string of the molecule is O=C(O)c1ccc(NC(=O)c2ccc3c(c2)OCC(=O)N3Cc2ccccc2)cc1. The van der Waals surface area contributed by atoms with E-state index in [1.165, 1.54) is 24.3 Å². The van der Waals surface area contributed by atoms with Crippen LogP contribution in [0.3, 0.4) is 0 Å². The minimum atomic E-state index is -1.03. The number of carbonyl (C=O) groups excluding carboxylic acids is 2. The van der Waals surface area contributed by atoms with Gasteiger partial charge in [-0.2, -0.15) is 0 Å². The predicted molar refractivity (Wildman–Crippen MR) is 111 cm³/mol. The summed E-state index contributed by atoms with van der Waals surface area (Å²) in [6.45, 7) is 0.319. The summed E-state index contributed by atoms with van der Waals surface area (Å²) in [6, 6.07) is 20.4. The first kappa shape index (κ1) is 19.2. The molecule has 4 rings (SSSR count). The van der Waals surface area contributed by atoms with Gasteiger partial charge in [-0.1, -0.05) is 30.3 Å². The Labute approximate surface area is 172 Å². The third-order valence-corrected chi connectivity index (χ3v) is 4.74. The van der Waals surface area contributed by atoms with E-state index in [0.29, 0.717) is 29.2 Å². The van der Waals surface area contributed by atoms with E-state index in [9.17, 15) is 14.4 Å². The molecule has 0 saturated heterocycles. The molecule has 0 aromatic heterocycles. The fourth-order valence-corrected chi connectivity index (χ4v) is 3.18. The number of amides is 2. The van der Waals surface area contributed by atoms with Crippen molar-refractivity contribution in [3.63, 3.8) is 0 Å². The van der Waals surface area contributed by atoms with Crippen LogP contribution >= 0.6 is 0 Å². The molecular weight excluding hydrogens is 384 g/mol. The molecule has 150 valence electrons. The van der Waals surface area contributed by atoms with Crippen molar-refractivity contribution in [3.8, 4) is 5.75 Å². The van der Waals surface area contributed by atoms with Gasteiger partial charge < -0.3 is 20.1 Å². The van der Waals surface area contributed by atoms with Crippen molar-refractivity contribution in [1.82, 2.24) is 0 Å². The van der Waals surface area contributed by atoms with Crippen molar-refractivity contribution in [1.29, 1.82) is 0 Å². The first-order valence-corrected chi connectivity index (χ1v) is 9.27. The van der Waals surface area contributed by atoms with Crippen molar-refractivity contribution < 1.29 is 24.2 Å². The summed E-state index contributed by atoms with van der Waals surface area (Å²) in [5.41, 5.74) is 2.58. The van der Waals surface area contributed by atoms with Crippen molar-refractivity contribution in [2.45, 2.75) is 6.54 Å². The molecule has 0 saturated carbocycles. The van der Waals surface area contributed by atoms with Gasteiger partial charge in [-0.3, -0.25) is 9.59 Å². The number of fused-ring (bicyclic) bond motifs is 1. The van der Waals surface area contributed by atoms with Crippen LogP contribution in [-0.4, -0.2) is 29.5 Å². The summed E-state index contributed by atoms with van der Waals surface area (Å²) in [5, 5.41) is 11.7. The summed E-state index contributed by atoms with van der Waals surface area (Å²) in [4.78, 5) is 37.5. The monoisotopic (exact) mass is 402 g/mol. The van der Waals surface area contributed by atoms with Gasteiger partial charge in [0.25, 0.3) is 11.8 Å². The first-order chi connectivity index (χ1) is 14.5. The Morgan fingerprint density at radius 1 is 0.967 bits per heavy atom. The molecule has 3 aromatic rings. The second-order valence-electron chi connectivity index (χ2n) is 6.77. The van der Waals surface area contributed by atoms with E-state index < -0.39 is 5.97 Å². The molecule has 1 heterocycles. The van der Waals surface area contributed by atoms with E-state index in [-0.39, 0.29) is 24.0 Å². The van der Waals surface area contributed by atoms with Gasteiger partial charge in [-0.25, -0.2) is 4.79 Å². The number of rotatable bonds is 5. The largest absolute Gasteiger partial charge is 0.482 e. The molecule has 2 N–H and O–H groups in total. The number of carboxylic acid groups (broad SMARTS) is 1. The molecule has 0 atom stereocenters. The van der Waals surface area contributed by atoms with Crippen molar-refractivity contribution in [2.24, 2.45) is 0 Å². The van der Waals surface area contributed by atoms with Gasteiger partial charge in [-0.15, -0.1) is 0 Å². The Morgan fingerprint density at radius 3 is 2.37 bits per heavy atom. The van der Waals surface area contributed by atoms with Gasteiger partial charge >= 0.3 is 5.97 Å². The molecule has 0 aliphatic carbocycles. The number of nitrogens with one attached hydrogen (secondary N) is 1. The lowest BCUT2D eigenvalue weighted by Crippen LogP contribution is -2.38. The van der Waals surface area contributed by atoms with Gasteiger partial charge in [0.15, 0.2) is 6.61 Å². The van der Waals surface area contributed by atoms with Crippen molar-refractivity contribution >= 4 is 29.2 Å². The highest BCUT2D eigenvalue weighted by Gasteiger charge is 2.26. The number of benzene rings is 3. The molecule has 0 radical (unpaired) electrons. The highest BCUT2D eigenvalue weighted by Crippen LogP contribution is 2.34. The highest BCUT2D eigenvalue weighted by atomic mass is 16.5. The maximum absolute atomic E-state index is 12.6. The number of nitrogens with zero attached hydrogens (tertiary/aromatic N) is 1. The number of carboxylic acids is 1. The Hall–Kier alpha value is -4.13. The highest BCUT2D eigenvalue weighted by molar-refractivity contribution is 6.06. The number of hydrogen-bond acceptors (Lipinski definition) is 4. The van der Waals surface area contributed by atoms with Crippen LogP contribution in [0, 0.1) is 0 Å². The van der Waals surface area contributed by atoms with Gasteiger partial charge in [0.05, 0.1) is 17.8 Å². The number of ether oxygens (including phenoxy) is 1. The maximum Gasteiger partial charge on any atom is 0.335 e. The summed E-state index contributed by atoms with van der Waals surface area (Å²) in [5.74, 6) is -1.09. The van der Waals surface area contributed by atoms with Crippen LogP contribution in [0.2, 0.25) is 0 Å². The van der Waals surface area contributed by atoms with Gasteiger partial charge in [0.1, 0.15) is 5.75 Å². The molecule has 0 fully saturated rings. The number of aromatic carboxylic acids is 1. The third-order valence-electron chi connectivity index (χ3n) is 4.74. The lowest BCUT2D eigenvalue weighted by Gasteiger charge is -2.29. The van der Waals surface area contributed by atoms with Gasteiger partial charge in [-0.05, 0) is 48.0 Å². The zero-order valence-corrected chi connectivity index (χ0v) is 15.9. The van der Waals surface area contributed by atoms with Crippen LogP contribution in [0.5, 0.6) is 5.75 Å². The van der Waals surface area contributed by atoms with Crippen LogP contribution in [-0.2, 0) is 11.3 Å². The standard InChI is InChI=1S/C23H18N2O5/c26-21-14-30-20-12-17(22(27)24-18-9-6-16(7-10-18)23(28)29)8-11-19(20)25(21)13-15-4-2-1-3-5-15/h1-12H,13-14H2,(H,24,27)(H,28,29). The summed E-state index contributed by atoms with van der Waals surface area (Å²) in [6.07, 6.45) is 0. The zero-order valence-electron chi connectivity index (χ0n) is 15.9. The van der Waals surface area contributed by atoms with E-state index >= 15 is 0 Å². The number of anilines is 2. The average molecular weight is 402 g/mol. The zero-order chi connectivity index (χ0) is 21.1. The van der Waals surface area contributed by atoms with E-state index in [0.717, 1.165) is 5.56 Å². The third kappa shape index (κ3) is 4.00. The van der Waals surface area contributed by atoms with Crippen LogP contribution < -0.4 is 15.0 Å². The molecule has 1 aliphatic rings. The van der Waals surface area contributed by atoms with Gasteiger partial charge in [0.2, 0.25) is 0 Å². The predicted octanol–water partition coefficient (Wildman–Crippen LogP) is 3.56. The molecule has 2 amide bonds. The topological polar surface area (TPSA) is 95.9 Å². The summed E-state index contributed by atoms with van der Waals surface area (Å²) >= 11 is 0. The number of carbonyl (C=O) groups is 3. The Morgan fingerprint density at radius 2 is 1.67 bits per heavy atom. The second-order valence-corrected chi connectivity index (χ2v) is 6.77. The van der Waals surface area contributed by atoms with Crippen LogP contribution in [0.25, 0.3) is 0 Å². The fraction of sp³-hybridized carbons (Fsp3) is 0.0870. The fourth-order valence-electron chi connectivity index (χ4n) is 3.18. The average Bonchev–Trinajstić information content (AvgIpc) is 2.76. The van der Waals surface area contributed by atoms with E-state index in [4.69, 9.17) is 9.84 Å². The summed E-state index contributed by atoms with van der Waals surface area (Å²) in [7, 11) is 0. The Bertz CT molecular complexity index is 1110. The minimum absolute atomic E-state index is 0.0957. The Balaban J connectivity index is 1.53. The lowest BCUT2D eigenvalue weighted by atomic mass is 10.1. The molecule has 0 bridgehead atoms. The maximum atomic E-state index is 12.6. The van der Waals surface area contributed by atoms with Gasteiger partial charge in [0, 0.05) is 11.3 Å². The molecule has 1 aliphatic heterocycles. The first-order valence-electron chi connectivity index (χ1n) is 9.27. The number of hydrogen-bond donors (Lipinski definition) is 2. The lowest BCUT2D eigenvalue weighted by molar-refractivity contribution is -0.121. The van der Waals surface area contributed by atoms with Crippen molar-refractivity contribution in [2.75, 3.05) is 16.8 Å². The molecule has 3 aromatic carbocycles. The van der Waals surface area contributed by atoms with Crippen LogP contribution in [0.4, 0.5) is 11.4 Å². The van der Waals surface area contributed by atoms with Crippen LogP contribution in [0.15, 0.2) is 72.8 Å². The van der Waals surface area contributed by atoms with Crippen molar-refractivity contribution in [3.05, 3.63) is 89.5 Å². The van der Waals surface area contributed by atoms with E-state index in [1.807, 2.05) is 30.3 Å². The normalized spacial score (nSPS) is 12.7. The Kier molecular flexibility index (Phi) is 5.17. The summed E-state index contributed by atoms with van der Waals surface area (Å²) < 4.78 is 5.55. The molecule has 7 heteroatoms. The molecular formula is C23H18N2O5. The molecule has 7 nitrogen and oxygen atoms in total. The minimum Gasteiger partial charge on any atom is -0.482 e. The molecule has 30 heavy (non-hydrogen) atoms. The van der Waals surface area contributed by atoms with E-state index in [2.05, 4.69) is 5.32 Å². The molecule has 0 unspecified atom stereocenters. The van der Waals surface area contributed by atoms with Crippen LogP contribution in [0.1, 0.15) is 26.3 Å². The molecule has 0 spiro atoms.